The van der Waals surface area contributed by atoms with Gasteiger partial charge >= 0.3 is 6.03 Å². The highest BCUT2D eigenvalue weighted by molar-refractivity contribution is 6.06. The van der Waals surface area contributed by atoms with Gasteiger partial charge < -0.3 is 10.6 Å². The minimum Gasteiger partial charge on any atom is -0.324 e. The Hall–Kier alpha value is -1.18. The fourth-order valence-corrected chi connectivity index (χ4v) is 3.27. The highest BCUT2D eigenvalue weighted by Crippen LogP contribution is 2.18. The summed E-state index contributed by atoms with van der Waals surface area (Å²) in [4.78, 5) is 30.1. The van der Waals surface area contributed by atoms with E-state index < -0.39 is 5.54 Å². The van der Waals surface area contributed by atoms with Crippen molar-refractivity contribution in [1.82, 2.24) is 25.3 Å². The lowest BCUT2D eigenvalue weighted by atomic mass is 10.1. The van der Waals surface area contributed by atoms with E-state index in [9.17, 15) is 9.59 Å². The molecule has 3 aliphatic rings. The van der Waals surface area contributed by atoms with Gasteiger partial charge in [-0.05, 0) is 13.8 Å². The molecule has 7 nitrogen and oxygen atoms in total. The first-order valence-electron chi connectivity index (χ1n) is 7.78. The van der Waals surface area contributed by atoms with E-state index in [-0.39, 0.29) is 11.9 Å². The molecule has 2 N–H and O–H groups in total. The average molecular weight is 295 g/mol. The fourth-order valence-electron chi connectivity index (χ4n) is 3.27. The van der Waals surface area contributed by atoms with Crippen LogP contribution in [0.2, 0.25) is 0 Å². The first-order valence-corrected chi connectivity index (χ1v) is 7.78. The molecule has 0 aromatic carbocycles. The molecule has 0 aliphatic carbocycles. The van der Waals surface area contributed by atoms with E-state index in [1.807, 2.05) is 0 Å². The minimum atomic E-state index is -0.755. The van der Waals surface area contributed by atoms with E-state index in [1.54, 1.807) is 13.8 Å². The zero-order chi connectivity index (χ0) is 15.0. The minimum absolute atomic E-state index is 0.119. The van der Waals surface area contributed by atoms with Gasteiger partial charge in [-0.25, -0.2) is 4.79 Å². The van der Waals surface area contributed by atoms with E-state index in [2.05, 4.69) is 20.4 Å². The van der Waals surface area contributed by atoms with E-state index in [4.69, 9.17) is 0 Å². The van der Waals surface area contributed by atoms with Crippen molar-refractivity contribution in [1.29, 1.82) is 0 Å². The van der Waals surface area contributed by atoms with Crippen LogP contribution in [0.1, 0.15) is 13.8 Å². The lowest BCUT2D eigenvalue weighted by Crippen LogP contribution is -2.63. The number of carbonyl (C=O) groups excluding carboxylic acids is 2. The smallest absolute Gasteiger partial charge is 0.324 e. The summed E-state index contributed by atoms with van der Waals surface area (Å²) in [5.41, 5.74) is -0.755. The zero-order valence-electron chi connectivity index (χ0n) is 12.9. The predicted octanol–water partition coefficient (Wildman–Crippen LogP) is -1.09. The van der Waals surface area contributed by atoms with E-state index in [1.165, 1.54) is 4.90 Å². The molecule has 0 radical (unpaired) electrons. The number of carbonyl (C=O) groups is 2. The Balaban J connectivity index is 1.41. The average Bonchev–Trinajstić information content (AvgIpc) is 2.59. The van der Waals surface area contributed by atoms with Crippen molar-refractivity contribution in [3.05, 3.63) is 0 Å². The van der Waals surface area contributed by atoms with Gasteiger partial charge in [0.05, 0.1) is 0 Å². The highest BCUT2D eigenvalue weighted by Gasteiger charge is 2.44. The van der Waals surface area contributed by atoms with Crippen molar-refractivity contribution in [3.8, 4) is 0 Å². The van der Waals surface area contributed by atoms with Crippen molar-refractivity contribution in [2.45, 2.75) is 25.4 Å². The molecule has 7 heteroatoms. The molecule has 0 aromatic heterocycles. The summed E-state index contributed by atoms with van der Waals surface area (Å²) < 4.78 is 0. The number of hydrogen-bond donors (Lipinski definition) is 2. The maximum atomic E-state index is 12.1. The molecular weight excluding hydrogens is 270 g/mol. The van der Waals surface area contributed by atoms with E-state index >= 15 is 0 Å². The third-order valence-electron chi connectivity index (χ3n) is 4.69. The van der Waals surface area contributed by atoms with Crippen LogP contribution >= 0.6 is 0 Å². The Morgan fingerprint density at radius 3 is 2.38 bits per heavy atom. The van der Waals surface area contributed by atoms with Crippen molar-refractivity contribution >= 4 is 11.9 Å². The van der Waals surface area contributed by atoms with Gasteiger partial charge in [0, 0.05) is 58.4 Å². The van der Waals surface area contributed by atoms with Crippen LogP contribution in [-0.2, 0) is 4.79 Å². The molecule has 3 rings (SSSR count). The standard InChI is InChI=1S/C14H25N5O2/c1-14(2)12(20)19(13(21)16-14)8-7-17-9-11(10-17)18-5-3-15-4-6-18/h11,15H,3-10H2,1-2H3,(H,16,21). The number of likely N-dealkylation sites (tertiary alicyclic amines) is 1. The number of amides is 3. The summed E-state index contributed by atoms with van der Waals surface area (Å²) in [7, 11) is 0. The Bertz CT molecular complexity index is 427. The number of hydrogen-bond acceptors (Lipinski definition) is 5. The molecule has 3 aliphatic heterocycles. The van der Waals surface area contributed by atoms with Crippen LogP contribution in [0.25, 0.3) is 0 Å². The van der Waals surface area contributed by atoms with Crippen molar-refractivity contribution in [2.24, 2.45) is 0 Å². The number of nitrogens with one attached hydrogen (secondary N) is 2. The van der Waals surface area contributed by atoms with Gasteiger partial charge in [0.15, 0.2) is 0 Å². The third-order valence-corrected chi connectivity index (χ3v) is 4.69. The summed E-state index contributed by atoms with van der Waals surface area (Å²) in [5, 5.41) is 6.08. The molecule has 0 atom stereocenters. The van der Waals surface area contributed by atoms with Crippen LogP contribution < -0.4 is 10.6 Å². The molecule has 0 unspecified atom stereocenters. The summed E-state index contributed by atoms with van der Waals surface area (Å²) in [5.74, 6) is -0.119. The van der Waals surface area contributed by atoms with Gasteiger partial charge in [-0.3, -0.25) is 19.5 Å². The maximum absolute atomic E-state index is 12.1. The quantitative estimate of drug-likeness (QED) is 0.645. The van der Waals surface area contributed by atoms with E-state index in [0.717, 1.165) is 45.8 Å². The molecule has 0 bridgehead atoms. The van der Waals surface area contributed by atoms with Crippen LogP contribution in [0.3, 0.4) is 0 Å². The van der Waals surface area contributed by atoms with Crippen LogP contribution in [0.5, 0.6) is 0 Å². The second kappa shape index (κ2) is 5.55. The molecule has 3 amide bonds. The molecule has 118 valence electrons. The van der Waals surface area contributed by atoms with Crippen molar-refractivity contribution < 1.29 is 9.59 Å². The number of piperazine rings is 1. The van der Waals surface area contributed by atoms with Gasteiger partial charge in [-0.15, -0.1) is 0 Å². The number of rotatable bonds is 4. The molecule has 3 saturated heterocycles. The number of imide groups is 1. The molecule has 3 fully saturated rings. The van der Waals surface area contributed by atoms with Crippen LogP contribution in [0.15, 0.2) is 0 Å². The Labute approximate surface area is 125 Å². The molecule has 3 heterocycles. The van der Waals surface area contributed by atoms with Crippen molar-refractivity contribution in [2.75, 3.05) is 52.4 Å². The van der Waals surface area contributed by atoms with Gasteiger partial charge in [0.1, 0.15) is 5.54 Å². The molecule has 0 aromatic rings. The van der Waals surface area contributed by atoms with Crippen LogP contribution in [0.4, 0.5) is 4.79 Å². The van der Waals surface area contributed by atoms with Crippen LogP contribution in [0, 0.1) is 0 Å². The summed E-state index contributed by atoms with van der Waals surface area (Å²) in [6.45, 7) is 11.3. The van der Waals surface area contributed by atoms with E-state index in [0.29, 0.717) is 12.6 Å². The number of nitrogens with zero attached hydrogens (tertiary/aromatic N) is 3. The first kappa shape index (κ1) is 14.7. The largest absolute Gasteiger partial charge is 0.325 e. The van der Waals surface area contributed by atoms with Gasteiger partial charge in [0.25, 0.3) is 5.91 Å². The lowest BCUT2D eigenvalue weighted by molar-refractivity contribution is -0.130. The Morgan fingerprint density at radius 2 is 1.81 bits per heavy atom. The SMILES string of the molecule is CC1(C)NC(=O)N(CCN2CC(N3CCNCC3)C2)C1=O. The molecule has 21 heavy (non-hydrogen) atoms. The normalized spacial score (nSPS) is 27.8. The molecular formula is C14H25N5O2. The predicted molar refractivity (Wildman–Crippen MR) is 79.0 cm³/mol. The topological polar surface area (TPSA) is 67.9 Å². The number of urea groups is 1. The lowest BCUT2D eigenvalue weighted by Gasteiger charge is -2.47. The zero-order valence-corrected chi connectivity index (χ0v) is 12.9. The van der Waals surface area contributed by atoms with Gasteiger partial charge in [0.2, 0.25) is 0 Å². The first-order chi connectivity index (χ1) is 9.97. The van der Waals surface area contributed by atoms with Gasteiger partial charge in [-0.2, -0.15) is 0 Å². The van der Waals surface area contributed by atoms with Crippen molar-refractivity contribution in [3.63, 3.8) is 0 Å². The second-order valence-electron chi connectivity index (χ2n) is 6.71. The highest BCUT2D eigenvalue weighted by atomic mass is 16.2. The molecule has 0 saturated carbocycles. The third kappa shape index (κ3) is 2.90. The summed E-state index contributed by atoms with van der Waals surface area (Å²) in [6.07, 6.45) is 0. The second-order valence-corrected chi connectivity index (χ2v) is 6.71. The van der Waals surface area contributed by atoms with Crippen LogP contribution in [-0.4, -0.2) is 90.6 Å². The Kier molecular flexibility index (Phi) is 3.90. The fraction of sp³-hybridized carbons (Fsp3) is 0.857. The maximum Gasteiger partial charge on any atom is 0.325 e. The summed E-state index contributed by atoms with van der Waals surface area (Å²) >= 11 is 0. The summed E-state index contributed by atoms with van der Waals surface area (Å²) in [6, 6.07) is 0.385. The monoisotopic (exact) mass is 295 g/mol. The Morgan fingerprint density at radius 1 is 1.14 bits per heavy atom. The molecule has 0 spiro atoms. The van der Waals surface area contributed by atoms with Gasteiger partial charge in [-0.1, -0.05) is 0 Å².